The number of hydrogen-bond acceptors (Lipinski definition) is 3. The van der Waals surface area contributed by atoms with Crippen LogP contribution in [0.1, 0.15) is 15.9 Å². The van der Waals surface area contributed by atoms with Gasteiger partial charge in [-0.25, -0.2) is 4.79 Å². The van der Waals surface area contributed by atoms with E-state index in [1.54, 1.807) is 24.3 Å². The number of benzene rings is 1. The lowest BCUT2D eigenvalue weighted by Crippen LogP contribution is -2.08. The molecule has 0 unspecified atom stereocenters. The molecule has 17 heavy (non-hydrogen) atoms. The van der Waals surface area contributed by atoms with Crippen LogP contribution >= 0.6 is 0 Å². The van der Waals surface area contributed by atoms with Crippen LogP contribution in [-0.4, -0.2) is 19.7 Å². The minimum atomic E-state index is -0.407. The Balaban J connectivity index is 3.17. The van der Waals surface area contributed by atoms with E-state index in [1.165, 1.54) is 7.11 Å². The van der Waals surface area contributed by atoms with Gasteiger partial charge in [0.05, 0.1) is 7.11 Å². The van der Waals surface area contributed by atoms with Gasteiger partial charge >= 0.3 is 5.97 Å². The summed E-state index contributed by atoms with van der Waals surface area (Å²) in [5.41, 5.74) is 1.33. The number of carbonyl (C=O) groups excluding carboxylic acids is 1. The van der Waals surface area contributed by atoms with Crippen molar-refractivity contribution in [2.24, 2.45) is 0 Å². The number of esters is 1. The zero-order valence-electron chi connectivity index (χ0n) is 9.94. The largest absolute Gasteiger partial charge is 0.488 e. The first kappa shape index (κ1) is 13.0. The molecule has 0 heterocycles. The molecule has 1 aromatic rings. The summed E-state index contributed by atoms with van der Waals surface area (Å²) < 4.78 is 10.2. The molecule has 0 bridgehead atoms. The van der Waals surface area contributed by atoms with Crippen molar-refractivity contribution in [3.05, 3.63) is 54.6 Å². The van der Waals surface area contributed by atoms with Crippen molar-refractivity contribution in [3.8, 4) is 5.75 Å². The second-order valence-corrected chi connectivity index (χ2v) is 3.38. The summed E-state index contributed by atoms with van der Waals surface area (Å²) >= 11 is 0. The highest BCUT2D eigenvalue weighted by Crippen LogP contribution is 2.25. The maximum absolute atomic E-state index is 11.6. The number of ether oxygens (including phenoxy) is 2. The second-order valence-electron chi connectivity index (χ2n) is 3.38. The molecule has 0 N–H and O–H groups in total. The number of allylic oxidation sites excluding steroid dienone is 1. The van der Waals surface area contributed by atoms with Crippen LogP contribution in [0.25, 0.3) is 0 Å². The van der Waals surface area contributed by atoms with Crippen molar-refractivity contribution in [2.75, 3.05) is 13.7 Å². The highest BCUT2D eigenvalue weighted by atomic mass is 16.5. The van der Waals surface area contributed by atoms with Crippen LogP contribution < -0.4 is 4.74 Å². The average Bonchev–Trinajstić information content (AvgIpc) is 2.36. The van der Waals surface area contributed by atoms with Gasteiger partial charge in [-0.3, -0.25) is 0 Å². The molecule has 0 aromatic heterocycles. The number of rotatable bonds is 6. The van der Waals surface area contributed by atoms with Crippen LogP contribution in [-0.2, 0) is 11.2 Å². The second kappa shape index (κ2) is 6.53. The third-order valence-corrected chi connectivity index (χ3v) is 2.21. The maximum Gasteiger partial charge on any atom is 0.341 e. The van der Waals surface area contributed by atoms with Crippen LogP contribution in [0.4, 0.5) is 0 Å². The summed E-state index contributed by atoms with van der Waals surface area (Å²) in [5.74, 6) is 0.133. The maximum atomic E-state index is 11.6. The summed E-state index contributed by atoms with van der Waals surface area (Å²) in [4.78, 5) is 11.6. The van der Waals surface area contributed by atoms with Gasteiger partial charge in [-0.2, -0.15) is 0 Å². The molecule has 0 spiro atoms. The Bertz CT molecular complexity index is 421. The van der Waals surface area contributed by atoms with Crippen molar-refractivity contribution in [2.45, 2.75) is 6.42 Å². The first-order chi connectivity index (χ1) is 8.24. The third-order valence-electron chi connectivity index (χ3n) is 2.21. The molecule has 0 aliphatic carbocycles. The number of carbonyl (C=O) groups is 1. The van der Waals surface area contributed by atoms with E-state index >= 15 is 0 Å². The van der Waals surface area contributed by atoms with Crippen molar-refractivity contribution in [3.63, 3.8) is 0 Å². The van der Waals surface area contributed by atoms with Gasteiger partial charge in [0.15, 0.2) is 0 Å². The number of methoxy groups -OCH3 is 1. The minimum Gasteiger partial charge on any atom is -0.488 e. The quantitative estimate of drug-likeness (QED) is 0.559. The van der Waals surface area contributed by atoms with Gasteiger partial charge in [-0.05, 0) is 18.1 Å². The van der Waals surface area contributed by atoms with Crippen LogP contribution in [0.15, 0.2) is 43.5 Å². The Morgan fingerprint density at radius 3 is 2.71 bits per heavy atom. The van der Waals surface area contributed by atoms with E-state index in [2.05, 4.69) is 13.2 Å². The number of para-hydroxylation sites is 1. The molecule has 0 aliphatic heterocycles. The molecule has 0 fully saturated rings. The first-order valence-corrected chi connectivity index (χ1v) is 5.29. The van der Waals surface area contributed by atoms with Crippen LogP contribution in [0.3, 0.4) is 0 Å². The standard InChI is InChI=1S/C14H16O3/c1-4-7-11-8-6-9-12(14(15)16-3)13(11)17-10-5-2/h4-6,8-9H,1-2,7,10H2,3H3. The molecule has 3 heteroatoms. The molecule has 1 rings (SSSR count). The molecule has 0 amide bonds. The van der Waals surface area contributed by atoms with Crippen LogP contribution in [0, 0.1) is 0 Å². The van der Waals surface area contributed by atoms with E-state index in [0.717, 1.165) is 5.56 Å². The molecule has 0 saturated heterocycles. The van der Waals surface area contributed by atoms with Gasteiger partial charge in [0.1, 0.15) is 17.9 Å². The topological polar surface area (TPSA) is 35.5 Å². The van der Waals surface area contributed by atoms with Crippen molar-refractivity contribution < 1.29 is 14.3 Å². The molecule has 0 saturated carbocycles. The zero-order valence-corrected chi connectivity index (χ0v) is 9.94. The molecular weight excluding hydrogens is 216 g/mol. The molecule has 90 valence electrons. The summed E-state index contributed by atoms with van der Waals surface area (Å²) in [5, 5.41) is 0. The Kier molecular flexibility index (Phi) is 5.01. The smallest absolute Gasteiger partial charge is 0.341 e. The van der Waals surface area contributed by atoms with E-state index in [0.29, 0.717) is 24.3 Å². The number of hydrogen-bond donors (Lipinski definition) is 0. The van der Waals surface area contributed by atoms with Gasteiger partial charge < -0.3 is 9.47 Å². The minimum absolute atomic E-state index is 0.345. The summed E-state index contributed by atoms with van der Waals surface area (Å²) in [7, 11) is 1.35. The van der Waals surface area contributed by atoms with E-state index in [1.807, 2.05) is 6.07 Å². The van der Waals surface area contributed by atoms with E-state index in [9.17, 15) is 4.79 Å². The normalized spacial score (nSPS) is 9.47. The van der Waals surface area contributed by atoms with Crippen LogP contribution in [0.2, 0.25) is 0 Å². The van der Waals surface area contributed by atoms with E-state index < -0.39 is 5.97 Å². The molecular formula is C14H16O3. The van der Waals surface area contributed by atoms with Crippen molar-refractivity contribution >= 4 is 5.97 Å². The Hall–Kier alpha value is -2.03. The Morgan fingerprint density at radius 1 is 1.35 bits per heavy atom. The summed E-state index contributed by atoms with van der Waals surface area (Å²) in [6, 6.07) is 5.37. The predicted molar refractivity (Wildman–Crippen MR) is 67.4 cm³/mol. The van der Waals surface area contributed by atoms with Crippen molar-refractivity contribution in [1.82, 2.24) is 0 Å². The third kappa shape index (κ3) is 3.21. The van der Waals surface area contributed by atoms with E-state index in [-0.39, 0.29) is 0 Å². The molecule has 0 radical (unpaired) electrons. The monoisotopic (exact) mass is 232 g/mol. The fourth-order valence-corrected chi connectivity index (χ4v) is 1.48. The highest BCUT2D eigenvalue weighted by Gasteiger charge is 2.15. The zero-order chi connectivity index (χ0) is 12.7. The van der Waals surface area contributed by atoms with Gasteiger partial charge in [-0.1, -0.05) is 30.9 Å². The SMILES string of the molecule is C=CCOc1c(CC=C)cccc1C(=O)OC. The lowest BCUT2D eigenvalue weighted by Gasteiger charge is -2.12. The molecule has 0 atom stereocenters. The Labute approximate surface area is 101 Å². The van der Waals surface area contributed by atoms with Crippen molar-refractivity contribution in [1.29, 1.82) is 0 Å². The molecule has 1 aromatic carbocycles. The fraction of sp³-hybridized carbons (Fsp3) is 0.214. The molecule has 0 aliphatic rings. The van der Waals surface area contributed by atoms with Gasteiger partial charge in [-0.15, -0.1) is 6.58 Å². The lowest BCUT2D eigenvalue weighted by molar-refractivity contribution is 0.0596. The van der Waals surface area contributed by atoms with Crippen LogP contribution in [0.5, 0.6) is 5.75 Å². The first-order valence-electron chi connectivity index (χ1n) is 5.29. The fourth-order valence-electron chi connectivity index (χ4n) is 1.48. The van der Waals surface area contributed by atoms with Gasteiger partial charge in [0, 0.05) is 0 Å². The van der Waals surface area contributed by atoms with Gasteiger partial charge in [0.25, 0.3) is 0 Å². The average molecular weight is 232 g/mol. The summed E-state index contributed by atoms with van der Waals surface area (Å²) in [6.07, 6.45) is 4.03. The van der Waals surface area contributed by atoms with E-state index in [4.69, 9.17) is 9.47 Å². The van der Waals surface area contributed by atoms with Gasteiger partial charge in [0.2, 0.25) is 0 Å². The summed E-state index contributed by atoms with van der Waals surface area (Å²) in [6.45, 7) is 7.61. The predicted octanol–water partition coefficient (Wildman–Crippen LogP) is 2.77. The highest BCUT2D eigenvalue weighted by molar-refractivity contribution is 5.93. The lowest BCUT2D eigenvalue weighted by atomic mass is 10.1. The Morgan fingerprint density at radius 2 is 2.12 bits per heavy atom. The molecule has 3 nitrogen and oxygen atoms in total.